The van der Waals surface area contributed by atoms with Gasteiger partial charge in [0.05, 0.1) is 5.60 Å². The Hall–Kier alpha value is 0.230. The van der Waals surface area contributed by atoms with Gasteiger partial charge in [-0.25, -0.2) is 0 Å². The van der Waals surface area contributed by atoms with Gasteiger partial charge in [-0.1, -0.05) is 6.92 Å². The van der Waals surface area contributed by atoms with E-state index in [-0.39, 0.29) is 5.60 Å². The summed E-state index contributed by atoms with van der Waals surface area (Å²) in [7, 11) is 3.82. The lowest BCUT2D eigenvalue weighted by molar-refractivity contribution is -0.0127. The Morgan fingerprint density at radius 2 is 2.24 bits per heavy atom. The molecule has 1 N–H and O–H groups in total. The van der Waals surface area contributed by atoms with Gasteiger partial charge in [-0.15, -0.1) is 0 Å². The standard InChI is InChI=1S/C13H28N2OS/c1-11-10-15(8-9-17-11)7-6-12(14-4)13(2,3)16-5/h11-12,14H,6-10H2,1-5H3. The molecule has 0 radical (unpaired) electrons. The van der Waals surface area contributed by atoms with Gasteiger partial charge in [0.1, 0.15) is 0 Å². The summed E-state index contributed by atoms with van der Waals surface area (Å²) in [5, 5.41) is 4.17. The van der Waals surface area contributed by atoms with E-state index in [9.17, 15) is 0 Å². The second-order valence-electron chi connectivity index (χ2n) is 5.42. The number of methoxy groups -OCH3 is 1. The zero-order valence-corrected chi connectivity index (χ0v) is 12.8. The van der Waals surface area contributed by atoms with Gasteiger partial charge < -0.3 is 15.0 Å². The molecule has 1 aliphatic heterocycles. The quantitative estimate of drug-likeness (QED) is 0.787. The van der Waals surface area contributed by atoms with Crippen LogP contribution in [0.4, 0.5) is 0 Å². The topological polar surface area (TPSA) is 24.5 Å². The molecule has 0 aromatic carbocycles. The number of likely N-dealkylation sites (N-methyl/N-ethyl adjacent to an activating group) is 1. The molecule has 0 aliphatic carbocycles. The highest BCUT2D eigenvalue weighted by atomic mass is 32.2. The average molecular weight is 260 g/mol. The second kappa shape index (κ2) is 6.98. The molecule has 1 saturated heterocycles. The highest BCUT2D eigenvalue weighted by molar-refractivity contribution is 7.99. The predicted molar refractivity (Wildman–Crippen MR) is 76.9 cm³/mol. The minimum Gasteiger partial charge on any atom is -0.377 e. The Kier molecular flexibility index (Phi) is 6.27. The molecule has 2 unspecified atom stereocenters. The van der Waals surface area contributed by atoms with Crippen LogP contribution in [0.3, 0.4) is 0 Å². The van der Waals surface area contributed by atoms with Gasteiger partial charge in [0, 0.05) is 37.2 Å². The van der Waals surface area contributed by atoms with E-state index in [4.69, 9.17) is 4.74 Å². The Balaban J connectivity index is 2.37. The number of rotatable bonds is 6. The third-order valence-electron chi connectivity index (χ3n) is 3.77. The van der Waals surface area contributed by atoms with E-state index in [2.05, 4.69) is 42.7 Å². The van der Waals surface area contributed by atoms with Crippen LogP contribution in [0, 0.1) is 0 Å². The van der Waals surface area contributed by atoms with E-state index < -0.39 is 0 Å². The number of hydrogen-bond acceptors (Lipinski definition) is 4. The maximum atomic E-state index is 5.57. The minimum atomic E-state index is -0.0924. The monoisotopic (exact) mass is 260 g/mol. The molecule has 0 spiro atoms. The summed E-state index contributed by atoms with van der Waals surface area (Å²) in [6.07, 6.45) is 1.15. The molecule has 3 nitrogen and oxygen atoms in total. The highest BCUT2D eigenvalue weighted by Gasteiger charge is 2.28. The molecule has 0 aromatic rings. The van der Waals surface area contributed by atoms with Crippen molar-refractivity contribution in [2.45, 2.75) is 44.1 Å². The fraction of sp³-hybridized carbons (Fsp3) is 1.00. The predicted octanol–water partition coefficient (Wildman–Crippen LogP) is 1.83. The molecular weight excluding hydrogens is 232 g/mol. The fourth-order valence-electron chi connectivity index (χ4n) is 2.39. The first-order valence-corrected chi connectivity index (χ1v) is 7.61. The Labute approximate surface area is 111 Å². The number of ether oxygens (including phenoxy) is 1. The molecular formula is C13H28N2OS. The molecule has 1 fully saturated rings. The summed E-state index contributed by atoms with van der Waals surface area (Å²) in [6, 6.07) is 0.414. The van der Waals surface area contributed by atoms with Crippen molar-refractivity contribution in [1.82, 2.24) is 10.2 Å². The second-order valence-corrected chi connectivity index (χ2v) is 6.97. The maximum Gasteiger partial charge on any atom is 0.0775 e. The molecule has 1 rings (SSSR count). The first-order valence-electron chi connectivity index (χ1n) is 6.56. The van der Waals surface area contributed by atoms with Crippen molar-refractivity contribution in [2.24, 2.45) is 0 Å². The molecule has 102 valence electrons. The van der Waals surface area contributed by atoms with Crippen molar-refractivity contribution in [2.75, 3.05) is 39.5 Å². The van der Waals surface area contributed by atoms with E-state index in [0.29, 0.717) is 6.04 Å². The number of thioether (sulfide) groups is 1. The maximum absolute atomic E-state index is 5.57. The summed E-state index contributed by atoms with van der Waals surface area (Å²) in [5.41, 5.74) is -0.0924. The van der Waals surface area contributed by atoms with E-state index in [1.807, 2.05) is 7.05 Å². The average Bonchev–Trinajstić information content (AvgIpc) is 2.29. The van der Waals surface area contributed by atoms with Crippen LogP contribution in [0.25, 0.3) is 0 Å². The van der Waals surface area contributed by atoms with Crippen LogP contribution in [-0.4, -0.2) is 61.3 Å². The van der Waals surface area contributed by atoms with Crippen LogP contribution in [0.1, 0.15) is 27.2 Å². The number of nitrogens with zero attached hydrogens (tertiary/aromatic N) is 1. The molecule has 1 aliphatic rings. The normalized spacial score (nSPS) is 24.9. The molecule has 4 heteroatoms. The Morgan fingerprint density at radius 1 is 1.53 bits per heavy atom. The van der Waals surface area contributed by atoms with Gasteiger partial charge >= 0.3 is 0 Å². The van der Waals surface area contributed by atoms with Crippen LogP contribution in [0.15, 0.2) is 0 Å². The molecule has 0 amide bonds. The van der Waals surface area contributed by atoms with Crippen molar-refractivity contribution in [3.8, 4) is 0 Å². The zero-order valence-electron chi connectivity index (χ0n) is 12.0. The molecule has 0 aromatic heterocycles. The molecule has 0 saturated carbocycles. The Bertz CT molecular complexity index is 223. The SMILES string of the molecule is CNC(CCN1CCSC(C)C1)C(C)(C)OC. The minimum absolute atomic E-state index is 0.0924. The van der Waals surface area contributed by atoms with Crippen LogP contribution < -0.4 is 5.32 Å². The first kappa shape index (κ1) is 15.3. The van der Waals surface area contributed by atoms with E-state index >= 15 is 0 Å². The van der Waals surface area contributed by atoms with E-state index in [0.717, 1.165) is 11.7 Å². The van der Waals surface area contributed by atoms with Gasteiger partial charge in [-0.3, -0.25) is 0 Å². The van der Waals surface area contributed by atoms with Crippen molar-refractivity contribution in [3.63, 3.8) is 0 Å². The van der Waals surface area contributed by atoms with Crippen molar-refractivity contribution >= 4 is 11.8 Å². The highest BCUT2D eigenvalue weighted by Crippen LogP contribution is 2.20. The smallest absolute Gasteiger partial charge is 0.0775 e. The first-order chi connectivity index (χ1) is 7.99. The lowest BCUT2D eigenvalue weighted by Crippen LogP contribution is -2.49. The van der Waals surface area contributed by atoms with Gasteiger partial charge in [-0.2, -0.15) is 11.8 Å². The lowest BCUT2D eigenvalue weighted by atomic mass is 9.95. The van der Waals surface area contributed by atoms with Crippen molar-refractivity contribution in [1.29, 1.82) is 0 Å². The van der Waals surface area contributed by atoms with Crippen molar-refractivity contribution < 1.29 is 4.74 Å². The molecule has 17 heavy (non-hydrogen) atoms. The largest absolute Gasteiger partial charge is 0.377 e. The summed E-state index contributed by atoms with van der Waals surface area (Å²) in [6.45, 7) is 10.3. The van der Waals surface area contributed by atoms with E-state index in [1.165, 1.54) is 25.4 Å². The van der Waals surface area contributed by atoms with Crippen molar-refractivity contribution in [3.05, 3.63) is 0 Å². The third-order valence-corrected chi connectivity index (χ3v) is 4.91. The summed E-state index contributed by atoms with van der Waals surface area (Å²) in [4.78, 5) is 2.58. The zero-order chi connectivity index (χ0) is 12.9. The number of hydrogen-bond donors (Lipinski definition) is 1. The Morgan fingerprint density at radius 3 is 2.76 bits per heavy atom. The van der Waals surface area contributed by atoms with Crippen LogP contribution in [-0.2, 0) is 4.74 Å². The van der Waals surface area contributed by atoms with Gasteiger partial charge in [0.25, 0.3) is 0 Å². The summed E-state index contributed by atoms with van der Waals surface area (Å²) < 4.78 is 5.57. The van der Waals surface area contributed by atoms with Crippen LogP contribution in [0.5, 0.6) is 0 Å². The lowest BCUT2D eigenvalue weighted by Gasteiger charge is -2.36. The number of nitrogens with one attached hydrogen (secondary N) is 1. The summed E-state index contributed by atoms with van der Waals surface area (Å²) >= 11 is 2.09. The molecule has 1 heterocycles. The third kappa shape index (κ3) is 4.78. The van der Waals surface area contributed by atoms with Gasteiger partial charge in [0.2, 0.25) is 0 Å². The fourth-order valence-corrected chi connectivity index (χ4v) is 3.47. The van der Waals surface area contributed by atoms with E-state index in [1.54, 1.807) is 7.11 Å². The van der Waals surface area contributed by atoms with Gasteiger partial charge in [0.15, 0.2) is 0 Å². The summed E-state index contributed by atoms with van der Waals surface area (Å²) in [5.74, 6) is 1.28. The van der Waals surface area contributed by atoms with Gasteiger partial charge in [-0.05, 0) is 33.9 Å². The van der Waals surface area contributed by atoms with Crippen LogP contribution >= 0.6 is 11.8 Å². The molecule has 0 bridgehead atoms. The van der Waals surface area contributed by atoms with Crippen LogP contribution in [0.2, 0.25) is 0 Å². The molecule has 2 atom stereocenters.